The summed E-state index contributed by atoms with van der Waals surface area (Å²) in [6, 6.07) is 14.6. The molecule has 0 saturated heterocycles. The Morgan fingerprint density at radius 1 is 0.952 bits per heavy atom. The highest BCUT2D eigenvalue weighted by Crippen LogP contribution is 2.27. The van der Waals surface area contributed by atoms with Crippen LogP contribution < -0.4 is 5.73 Å². The summed E-state index contributed by atoms with van der Waals surface area (Å²) in [5.41, 5.74) is 13.4. The average Bonchev–Trinajstić information content (AvgIpc) is 2.80. The number of aryl methyl sites for hydroxylation is 3. The van der Waals surface area contributed by atoms with Gasteiger partial charge in [0.05, 0.1) is 17.6 Å². The number of hydrogen-bond acceptors (Lipinski definition) is 2. The number of nitrogens with two attached hydrogens (primary N) is 1. The molecule has 0 spiro atoms. The van der Waals surface area contributed by atoms with Gasteiger partial charge in [0.2, 0.25) is 0 Å². The van der Waals surface area contributed by atoms with Crippen molar-refractivity contribution < 1.29 is 0 Å². The van der Waals surface area contributed by atoms with Gasteiger partial charge in [-0.2, -0.15) is 5.10 Å². The maximum Gasteiger partial charge on any atom is 0.116 e. The Hall–Kier alpha value is -2.55. The van der Waals surface area contributed by atoms with Crippen LogP contribution in [-0.2, 0) is 0 Å². The summed E-state index contributed by atoms with van der Waals surface area (Å²) in [4.78, 5) is 0. The molecule has 3 nitrogen and oxygen atoms in total. The molecule has 1 heterocycles. The van der Waals surface area contributed by atoms with Crippen molar-refractivity contribution in [3.05, 3.63) is 65.4 Å². The van der Waals surface area contributed by atoms with E-state index in [4.69, 9.17) is 5.73 Å². The van der Waals surface area contributed by atoms with E-state index in [-0.39, 0.29) is 0 Å². The van der Waals surface area contributed by atoms with Crippen molar-refractivity contribution in [3.8, 4) is 16.9 Å². The summed E-state index contributed by atoms with van der Waals surface area (Å²) in [6.45, 7) is 6.25. The lowest BCUT2D eigenvalue weighted by Crippen LogP contribution is -1.98. The molecule has 1 aromatic heterocycles. The molecule has 0 atom stereocenters. The molecule has 0 unspecified atom stereocenters. The van der Waals surface area contributed by atoms with E-state index in [2.05, 4.69) is 56.2 Å². The molecule has 0 amide bonds. The van der Waals surface area contributed by atoms with E-state index in [9.17, 15) is 0 Å². The Morgan fingerprint density at radius 2 is 1.71 bits per heavy atom. The lowest BCUT2D eigenvalue weighted by atomic mass is 10.1. The van der Waals surface area contributed by atoms with Crippen molar-refractivity contribution in [1.29, 1.82) is 0 Å². The van der Waals surface area contributed by atoms with E-state index >= 15 is 0 Å². The minimum atomic E-state index is 0.695. The first-order chi connectivity index (χ1) is 10.0. The zero-order chi connectivity index (χ0) is 15.0. The number of aromatic nitrogens is 2. The second kappa shape index (κ2) is 5.09. The summed E-state index contributed by atoms with van der Waals surface area (Å²) < 4.78 is 1.86. The molecular formula is C18H19N3. The number of benzene rings is 2. The first-order valence-electron chi connectivity index (χ1n) is 7.04. The summed E-state index contributed by atoms with van der Waals surface area (Å²) in [5.74, 6) is 0. The molecule has 0 bridgehead atoms. The second-order valence-electron chi connectivity index (χ2n) is 5.54. The molecule has 3 aromatic rings. The largest absolute Gasteiger partial charge is 0.396 e. The number of nitrogens with zero attached hydrogens (tertiary/aromatic N) is 2. The zero-order valence-electron chi connectivity index (χ0n) is 12.6. The van der Waals surface area contributed by atoms with Gasteiger partial charge >= 0.3 is 0 Å². The van der Waals surface area contributed by atoms with E-state index in [0.29, 0.717) is 5.69 Å². The van der Waals surface area contributed by atoms with Crippen molar-refractivity contribution in [3.63, 3.8) is 0 Å². The van der Waals surface area contributed by atoms with Crippen molar-refractivity contribution in [1.82, 2.24) is 9.78 Å². The summed E-state index contributed by atoms with van der Waals surface area (Å²) >= 11 is 0. The Bertz CT molecular complexity index is 800. The fourth-order valence-corrected chi connectivity index (χ4v) is 2.59. The SMILES string of the molecule is Cc1cccc(-c2nn(-c3ccc(C)cc3C)cc2N)c1. The predicted octanol–water partition coefficient (Wildman–Crippen LogP) is 4.05. The monoisotopic (exact) mass is 277 g/mol. The van der Waals surface area contributed by atoms with Crippen LogP contribution in [0.2, 0.25) is 0 Å². The van der Waals surface area contributed by atoms with E-state index in [1.807, 2.05) is 23.0 Å². The van der Waals surface area contributed by atoms with E-state index in [0.717, 1.165) is 16.9 Å². The molecule has 0 aliphatic carbocycles. The topological polar surface area (TPSA) is 43.8 Å². The van der Waals surface area contributed by atoms with Gasteiger partial charge in [0.15, 0.2) is 0 Å². The quantitative estimate of drug-likeness (QED) is 0.768. The standard InChI is InChI=1S/C18H19N3/c1-12-5-4-6-15(10-12)18-16(19)11-21(20-18)17-8-7-13(2)9-14(17)3/h4-11H,19H2,1-3H3. The van der Waals surface area contributed by atoms with E-state index in [1.165, 1.54) is 16.7 Å². The van der Waals surface area contributed by atoms with Crippen molar-refractivity contribution in [2.45, 2.75) is 20.8 Å². The molecule has 3 heteroatoms. The first kappa shape index (κ1) is 13.4. The molecule has 0 fully saturated rings. The van der Waals surface area contributed by atoms with Crippen LogP contribution in [0.3, 0.4) is 0 Å². The molecule has 0 saturated carbocycles. The lowest BCUT2D eigenvalue weighted by molar-refractivity contribution is 0.876. The fourth-order valence-electron chi connectivity index (χ4n) is 2.59. The van der Waals surface area contributed by atoms with Gasteiger partial charge in [-0.25, -0.2) is 4.68 Å². The van der Waals surface area contributed by atoms with E-state index < -0.39 is 0 Å². The third-order valence-electron chi connectivity index (χ3n) is 3.63. The Balaban J connectivity index is 2.09. The van der Waals surface area contributed by atoms with Crippen LogP contribution in [-0.4, -0.2) is 9.78 Å². The number of anilines is 1. The second-order valence-corrected chi connectivity index (χ2v) is 5.54. The van der Waals surface area contributed by atoms with Crippen LogP contribution >= 0.6 is 0 Å². The molecular weight excluding hydrogens is 258 g/mol. The maximum atomic E-state index is 6.16. The molecule has 3 rings (SSSR count). The Kier molecular flexibility index (Phi) is 3.26. The first-order valence-corrected chi connectivity index (χ1v) is 7.04. The highest BCUT2D eigenvalue weighted by Gasteiger charge is 2.11. The van der Waals surface area contributed by atoms with Gasteiger partial charge in [-0.1, -0.05) is 41.5 Å². The highest BCUT2D eigenvalue weighted by molar-refractivity contribution is 5.73. The third kappa shape index (κ3) is 2.55. The maximum absolute atomic E-state index is 6.16. The molecule has 106 valence electrons. The fraction of sp³-hybridized carbons (Fsp3) is 0.167. The van der Waals surface area contributed by atoms with Gasteiger partial charge < -0.3 is 5.73 Å². The van der Waals surface area contributed by atoms with Crippen LogP contribution in [0, 0.1) is 20.8 Å². The highest BCUT2D eigenvalue weighted by atomic mass is 15.3. The van der Waals surface area contributed by atoms with Crippen LogP contribution in [0.15, 0.2) is 48.7 Å². The number of rotatable bonds is 2. The molecule has 21 heavy (non-hydrogen) atoms. The minimum Gasteiger partial charge on any atom is -0.396 e. The van der Waals surface area contributed by atoms with Crippen molar-refractivity contribution >= 4 is 5.69 Å². The van der Waals surface area contributed by atoms with Gasteiger partial charge in [0, 0.05) is 5.56 Å². The van der Waals surface area contributed by atoms with Gasteiger partial charge in [0.1, 0.15) is 5.69 Å². The normalized spacial score (nSPS) is 10.8. The Morgan fingerprint density at radius 3 is 2.43 bits per heavy atom. The number of nitrogen functional groups attached to an aromatic ring is 1. The zero-order valence-corrected chi connectivity index (χ0v) is 12.6. The van der Waals surface area contributed by atoms with Gasteiger partial charge in [0.25, 0.3) is 0 Å². The molecule has 2 N–H and O–H groups in total. The van der Waals surface area contributed by atoms with Crippen LogP contribution in [0.5, 0.6) is 0 Å². The molecule has 0 radical (unpaired) electrons. The Labute approximate surface area is 125 Å². The van der Waals surface area contributed by atoms with Crippen LogP contribution in [0.4, 0.5) is 5.69 Å². The lowest BCUT2D eigenvalue weighted by Gasteiger charge is -2.06. The third-order valence-corrected chi connectivity index (χ3v) is 3.63. The predicted molar refractivity (Wildman–Crippen MR) is 87.6 cm³/mol. The van der Waals surface area contributed by atoms with Gasteiger partial charge in [-0.3, -0.25) is 0 Å². The summed E-state index contributed by atoms with van der Waals surface area (Å²) in [6.07, 6.45) is 1.88. The van der Waals surface area contributed by atoms with Crippen molar-refractivity contribution in [2.75, 3.05) is 5.73 Å². The average molecular weight is 277 g/mol. The summed E-state index contributed by atoms with van der Waals surface area (Å²) in [5, 5.41) is 4.67. The van der Waals surface area contributed by atoms with Crippen LogP contribution in [0.1, 0.15) is 16.7 Å². The van der Waals surface area contributed by atoms with Crippen molar-refractivity contribution in [2.24, 2.45) is 0 Å². The summed E-state index contributed by atoms with van der Waals surface area (Å²) in [7, 11) is 0. The smallest absolute Gasteiger partial charge is 0.116 e. The van der Waals surface area contributed by atoms with Crippen LogP contribution in [0.25, 0.3) is 16.9 Å². The molecule has 0 aliphatic rings. The molecule has 0 aliphatic heterocycles. The molecule has 2 aromatic carbocycles. The van der Waals surface area contributed by atoms with Gasteiger partial charge in [-0.15, -0.1) is 0 Å². The van der Waals surface area contributed by atoms with E-state index in [1.54, 1.807) is 0 Å². The van der Waals surface area contributed by atoms with Gasteiger partial charge in [-0.05, 0) is 38.5 Å². The minimum absolute atomic E-state index is 0.695. The number of hydrogen-bond donors (Lipinski definition) is 1.